The molecule has 3 atom stereocenters. The van der Waals surface area contributed by atoms with Crippen LogP contribution in [0.4, 0.5) is 0 Å². The van der Waals surface area contributed by atoms with Gasteiger partial charge in [-0.1, -0.05) is 6.42 Å². The van der Waals surface area contributed by atoms with Gasteiger partial charge in [0.15, 0.2) is 0 Å². The van der Waals surface area contributed by atoms with E-state index in [1.807, 2.05) is 0 Å². The Kier molecular flexibility index (Phi) is 4.00. The number of morpholine rings is 1. The van der Waals surface area contributed by atoms with E-state index in [4.69, 9.17) is 4.74 Å². The van der Waals surface area contributed by atoms with Crippen LogP contribution >= 0.6 is 0 Å². The molecule has 2 aliphatic heterocycles. The molecule has 0 aliphatic carbocycles. The van der Waals surface area contributed by atoms with Crippen molar-refractivity contribution in [2.45, 2.75) is 51.4 Å². The zero-order valence-electron chi connectivity index (χ0n) is 10.0. The molecule has 0 bridgehead atoms. The van der Waals surface area contributed by atoms with Crippen molar-refractivity contribution in [1.29, 1.82) is 0 Å². The van der Waals surface area contributed by atoms with Crippen molar-refractivity contribution in [1.82, 2.24) is 10.2 Å². The first-order valence-corrected chi connectivity index (χ1v) is 6.35. The highest BCUT2D eigenvalue weighted by Gasteiger charge is 2.24. The van der Waals surface area contributed by atoms with Gasteiger partial charge in [0.05, 0.1) is 12.2 Å². The van der Waals surface area contributed by atoms with Gasteiger partial charge in [-0.15, -0.1) is 0 Å². The summed E-state index contributed by atoms with van der Waals surface area (Å²) in [5, 5.41) is 3.61. The first kappa shape index (κ1) is 11.4. The van der Waals surface area contributed by atoms with Gasteiger partial charge >= 0.3 is 0 Å². The Balaban J connectivity index is 1.77. The average molecular weight is 212 g/mol. The van der Waals surface area contributed by atoms with E-state index in [-0.39, 0.29) is 0 Å². The number of rotatable bonds is 2. The van der Waals surface area contributed by atoms with Crippen molar-refractivity contribution < 1.29 is 4.74 Å². The van der Waals surface area contributed by atoms with E-state index in [0.29, 0.717) is 12.2 Å². The molecule has 0 aromatic rings. The Labute approximate surface area is 93.2 Å². The summed E-state index contributed by atoms with van der Waals surface area (Å²) in [6.07, 6.45) is 4.90. The molecular weight excluding hydrogens is 188 g/mol. The molecule has 0 saturated carbocycles. The number of nitrogens with zero attached hydrogens (tertiary/aromatic N) is 1. The molecule has 2 aliphatic rings. The van der Waals surface area contributed by atoms with Gasteiger partial charge in [-0.2, -0.15) is 0 Å². The maximum atomic E-state index is 5.74. The summed E-state index contributed by atoms with van der Waals surface area (Å²) >= 11 is 0. The molecule has 3 heteroatoms. The number of ether oxygens (including phenoxy) is 1. The minimum atomic E-state index is 0.400. The van der Waals surface area contributed by atoms with Gasteiger partial charge in [-0.3, -0.25) is 4.90 Å². The Morgan fingerprint density at radius 2 is 1.93 bits per heavy atom. The molecule has 0 aromatic heterocycles. The van der Waals surface area contributed by atoms with Crippen LogP contribution in [0.3, 0.4) is 0 Å². The van der Waals surface area contributed by atoms with Crippen LogP contribution < -0.4 is 5.32 Å². The van der Waals surface area contributed by atoms with Crippen LogP contribution in [-0.4, -0.2) is 49.3 Å². The molecular formula is C12H24N2O. The maximum Gasteiger partial charge on any atom is 0.0678 e. The first-order chi connectivity index (χ1) is 7.24. The highest BCUT2D eigenvalue weighted by Crippen LogP contribution is 2.14. The lowest BCUT2D eigenvalue weighted by Crippen LogP contribution is -2.51. The second-order valence-electron chi connectivity index (χ2n) is 5.12. The summed E-state index contributed by atoms with van der Waals surface area (Å²) in [6, 6.07) is 0.719. The molecule has 0 spiro atoms. The van der Waals surface area contributed by atoms with Crippen LogP contribution in [0.25, 0.3) is 0 Å². The van der Waals surface area contributed by atoms with Crippen molar-refractivity contribution in [2.75, 3.05) is 26.2 Å². The second kappa shape index (κ2) is 5.28. The molecule has 0 unspecified atom stereocenters. The SMILES string of the molecule is C[C@@H]1CN(C[C@H]2CCCCN2)C[C@H](C)O1. The predicted octanol–water partition coefficient (Wildman–Crippen LogP) is 1.24. The largest absolute Gasteiger partial charge is 0.373 e. The molecule has 2 heterocycles. The average Bonchev–Trinajstić information content (AvgIpc) is 2.17. The molecule has 0 radical (unpaired) electrons. The van der Waals surface area contributed by atoms with Crippen LogP contribution in [0.1, 0.15) is 33.1 Å². The zero-order chi connectivity index (χ0) is 10.7. The fourth-order valence-electron chi connectivity index (χ4n) is 2.82. The lowest BCUT2D eigenvalue weighted by atomic mass is 10.0. The highest BCUT2D eigenvalue weighted by molar-refractivity contribution is 4.80. The van der Waals surface area contributed by atoms with Crippen LogP contribution in [0, 0.1) is 0 Å². The second-order valence-corrected chi connectivity index (χ2v) is 5.12. The van der Waals surface area contributed by atoms with Crippen molar-refractivity contribution in [3.8, 4) is 0 Å². The van der Waals surface area contributed by atoms with E-state index in [1.165, 1.54) is 32.4 Å². The summed E-state index contributed by atoms with van der Waals surface area (Å²) < 4.78 is 5.74. The van der Waals surface area contributed by atoms with Gasteiger partial charge in [-0.05, 0) is 33.2 Å². The lowest BCUT2D eigenvalue weighted by molar-refractivity contribution is -0.0703. The number of hydrogen-bond acceptors (Lipinski definition) is 3. The molecule has 88 valence electrons. The Hall–Kier alpha value is -0.120. The molecule has 2 rings (SSSR count). The molecule has 3 nitrogen and oxygen atoms in total. The molecule has 15 heavy (non-hydrogen) atoms. The third kappa shape index (κ3) is 3.44. The van der Waals surface area contributed by atoms with E-state index < -0.39 is 0 Å². The number of nitrogens with one attached hydrogen (secondary N) is 1. The quantitative estimate of drug-likeness (QED) is 0.745. The van der Waals surface area contributed by atoms with E-state index in [1.54, 1.807) is 0 Å². The Morgan fingerprint density at radius 3 is 2.53 bits per heavy atom. The first-order valence-electron chi connectivity index (χ1n) is 6.35. The number of hydrogen-bond donors (Lipinski definition) is 1. The number of piperidine rings is 1. The Morgan fingerprint density at radius 1 is 1.20 bits per heavy atom. The minimum absolute atomic E-state index is 0.400. The van der Waals surface area contributed by atoms with Crippen molar-refractivity contribution >= 4 is 0 Å². The summed E-state index contributed by atoms with van der Waals surface area (Å²) in [5.41, 5.74) is 0. The van der Waals surface area contributed by atoms with Gasteiger partial charge in [-0.25, -0.2) is 0 Å². The smallest absolute Gasteiger partial charge is 0.0678 e. The summed E-state index contributed by atoms with van der Waals surface area (Å²) in [5.74, 6) is 0. The van der Waals surface area contributed by atoms with Gasteiger partial charge < -0.3 is 10.1 Å². The summed E-state index contributed by atoms with van der Waals surface area (Å²) in [6.45, 7) is 8.97. The van der Waals surface area contributed by atoms with Crippen molar-refractivity contribution in [2.24, 2.45) is 0 Å². The zero-order valence-corrected chi connectivity index (χ0v) is 10.0. The van der Waals surface area contributed by atoms with E-state index >= 15 is 0 Å². The normalized spacial score (nSPS) is 39.2. The fraction of sp³-hybridized carbons (Fsp3) is 1.00. The van der Waals surface area contributed by atoms with Gasteiger partial charge in [0, 0.05) is 25.7 Å². The highest BCUT2D eigenvalue weighted by atomic mass is 16.5. The maximum absolute atomic E-state index is 5.74. The molecule has 2 saturated heterocycles. The lowest BCUT2D eigenvalue weighted by Gasteiger charge is -2.38. The van der Waals surface area contributed by atoms with Crippen LogP contribution in [0.2, 0.25) is 0 Å². The fourth-order valence-corrected chi connectivity index (χ4v) is 2.82. The molecule has 2 fully saturated rings. The summed E-state index contributed by atoms with van der Waals surface area (Å²) in [4.78, 5) is 2.56. The van der Waals surface area contributed by atoms with Crippen LogP contribution in [0.5, 0.6) is 0 Å². The van der Waals surface area contributed by atoms with Crippen molar-refractivity contribution in [3.05, 3.63) is 0 Å². The van der Waals surface area contributed by atoms with Gasteiger partial charge in [0.2, 0.25) is 0 Å². The van der Waals surface area contributed by atoms with E-state index in [2.05, 4.69) is 24.1 Å². The van der Waals surface area contributed by atoms with E-state index in [0.717, 1.165) is 19.1 Å². The predicted molar refractivity (Wildman–Crippen MR) is 62.1 cm³/mol. The standard InChI is InChI=1S/C12H24N2O/c1-10-7-14(8-11(2)15-10)9-12-5-3-4-6-13-12/h10-13H,3-9H2,1-2H3/t10-,11+,12-/m1/s1. The van der Waals surface area contributed by atoms with Crippen LogP contribution in [0.15, 0.2) is 0 Å². The topological polar surface area (TPSA) is 24.5 Å². The minimum Gasteiger partial charge on any atom is -0.373 e. The Bertz CT molecular complexity index is 182. The molecule has 1 N–H and O–H groups in total. The van der Waals surface area contributed by atoms with Crippen LogP contribution in [-0.2, 0) is 4.74 Å². The van der Waals surface area contributed by atoms with E-state index in [9.17, 15) is 0 Å². The van der Waals surface area contributed by atoms with Gasteiger partial charge in [0.1, 0.15) is 0 Å². The van der Waals surface area contributed by atoms with Crippen molar-refractivity contribution in [3.63, 3.8) is 0 Å². The summed E-state index contributed by atoms with van der Waals surface area (Å²) in [7, 11) is 0. The third-order valence-corrected chi connectivity index (χ3v) is 3.39. The molecule has 0 amide bonds. The molecule has 0 aromatic carbocycles. The monoisotopic (exact) mass is 212 g/mol. The third-order valence-electron chi connectivity index (χ3n) is 3.39. The van der Waals surface area contributed by atoms with Gasteiger partial charge in [0.25, 0.3) is 0 Å².